The van der Waals surface area contributed by atoms with E-state index in [-0.39, 0.29) is 42.4 Å². The number of hydrogen-bond donors (Lipinski definition) is 5. The third-order valence-corrected chi connectivity index (χ3v) is 8.81. The third kappa shape index (κ3) is 13.8. The molecule has 3 atom stereocenters. The van der Waals surface area contributed by atoms with Gasteiger partial charge in [0.1, 0.15) is 6.61 Å². The molecule has 0 bridgehead atoms. The van der Waals surface area contributed by atoms with Crippen LogP contribution in [0, 0.1) is 5.92 Å². The highest BCUT2D eigenvalue weighted by atomic mass is 32.2. The highest BCUT2D eigenvalue weighted by Gasteiger charge is 2.42. The van der Waals surface area contributed by atoms with E-state index in [9.17, 15) is 19.2 Å². The summed E-state index contributed by atoms with van der Waals surface area (Å²) in [6, 6.07) is 7.12. The first kappa shape index (κ1) is 35.6. The van der Waals surface area contributed by atoms with Gasteiger partial charge in [-0.3, -0.25) is 14.4 Å². The van der Waals surface area contributed by atoms with Crippen LogP contribution in [0.25, 0.3) is 0 Å². The molecule has 0 aromatic heterocycles. The molecule has 2 saturated heterocycles. The number of anilines is 1. The Balaban J connectivity index is 1.13. The number of thioether (sulfide) groups is 1. The molecule has 2 fully saturated rings. The first-order valence-electron chi connectivity index (χ1n) is 15.7. The molecule has 3 rings (SSSR count). The summed E-state index contributed by atoms with van der Waals surface area (Å²) in [5.74, 6) is 1.18. The maximum absolute atomic E-state index is 12.4. The van der Waals surface area contributed by atoms with Crippen molar-refractivity contribution in [2.45, 2.75) is 69.7 Å². The van der Waals surface area contributed by atoms with E-state index < -0.39 is 0 Å². The second-order valence-corrected chi connectivity index (χ2v) is 12.7. The Morgan fingerprint density at radius 1 is 0.886 bits per heavy atom. The van der Waals surface area contributed by atoms with Gasteiger partial charge < -0.3 is 40.8 Å². The number of hydrogen-bond acceptors (Lipinski definition) is 8. The van der Waals surface area contributed by atoms with Crippen LogP contribution in [-0.2, 0) is 23.8 Å². The van der Waals surface area contributed by atoms with Gasteiger partial charge in [-0.05, 0) is 55.9 Å². The van der Waals surface area contributed by atoms with Crippen molar-refractivity contribution in [3.8, 4) is 0 Å². The van der Waals surface area contributed by atoms with E-state index >= 15 is 0 Å². The average Bonchev–Trinajstić information content (AvgIpc) is 3.55. The molecule has 0 radical (unpaired) electrons. The lowest BCUT2D eigenvalue weighted by atomic mass is 10.0. The molecular weight excluding hydrogens is 586 g/mol. The van der Waals surface area contributed by atoms with Crippen LogP contribution in [0.5, 0.6) is 0 Å². The average molecular weight is 636 g/mol. The molecule has 5 N–H and O–H groups in total. The molecule has 246 valence electrons. The number of urea groups is 1. The van der Waals surface area contributed by atoms with E-state index in [0.29, 0.717) is 75.0 Å². The van der Waals surface area contributed by atoms with E-state index in [4.69, 9.17) is 14.2 Å². The molecule has 1 aromatic rings. The minimum atomic E-state index is -0.218. The van der Waals surface area contributed by atoms with Crippen LogP contribution in [0.15, 0.2) is 24.3 Å². The number of unbranched alkanes of at least 4 members (excludes halogenated alkanes) is 1. The highest BCUT2D eigenvalue weighted by molar-refractivity contribution is 8.00. The van der Waals surface area contributed by atoms with E-state index in [1.165, 1.54) is 0 Å². The molecule has 12 nitrogen and oxygen atoms in total. The fourth-order valence-corrected chi connectivity index (χ4v) is 6.48. The van der Waals surface area contributed by atoms with E-state index in [2.05, 4.69) is 40.4 Å². The van der Waals surface area contributed by atoms with Crippen molar-refractivity contribution in [3.05, 3.63) is 29.8 Å². The van der Waals surface area contributed by atoms with Crippen molar-refractivity contribution in [3.63, 3.8) is 0 Å². The van der Waals surface area contributed by atoms with Crippen LogP contribution in [0.4, 0.5) is 10.5 Å². The lowest BCUT2D eigenvalue weighted by Crippen LogP contribution is -2.36. The first-order chi connectivity index (χ1) is 21.3. The van der Waals surface area contributed by atoms with Crippen LogP contribution in [0.1, 0.15) is 62.7 Å². The van der Waals surface area contributed by atoms with Gasteiger partial charge in [0.05, 0.1) is 45.1 Å². The lowest BCUT2D eigenvalue weighted by molar-refractivity contribution is -0.126. The van der Waals surface area contributed by atoms with E-state index in [1.54, 1.807) is 24.3 Å². The summed E-state index contributed by atoms with van der Waals surface area (Å²) < 4.78 is 16.2. The maximum atomic E-state index is 12.4. The molecule has 2 aliphatic heterocycles. The summed E-state index contributed by atoms with van der Waals surface area (Å²) in [4.78, 5) is 47.9. The smallest absolute Gasteiger partial charge is 0.315 e. The SMILES string of the molecule is CC(C)CCCNC(=O)COCCOCCOCCNC(=O)c1ccc(NC(=O)CCCC[C@H]2SC[C@H]3NC(=O)N[C@H]32)cc1. The number of carbonyl (C=O) groups is 4. The topological polar surface area (TPSA) is 156 Å². The van der Waals surface area contributed by atoms with Crippen molar-refractivity contribution in [2.75, 3.05) is 63.8 Å². The molecule has 44 heavy (non-hydrogen) atoms. The summed E-state index contributed by atoms with van der Waals surface area (Å²) in [6.07, 6.45) is 5.16. The molecule has 0 aliphatic carbocycles. The van der Waals surface area contributed by atoms with Gasteiger partial charge in [0.25, 0.3) is 5.91 Å². The summed E-state index contributed by atoms with van der Waals surface area (Å²) in [5.41, 5.74) is 1.14. The monoisotopic (exact) mass is 635 g/mol. The van der Waals surface area contributed by atoms with E-state index in [1.807, 2.05) is 11.8 Å². The van der Waals surface area contributed by atoms with Gasteiger partial charge in [0, 0.05) is 41.8 Å². The number of carbonyl (C=O) groups excluding carboxylic acids is 4. The van der Waals surface area contributed by atoms with Crippen LogP contribution in [-0.4, -0.2) is 99.6 Å². The fourth-order valence-electron chi connectivity index (χ4n) is 4.94. The number of amides is 5. The summed E-state index contributed by atoms with van der Waals surface area (Å²) in [6.45, 7) is 7.21. The van der Waals surface area contributed by atoms with Crippen molar-refractivity contribution >= 4 is 41.2 Å². The predicted octanol–water partition coefficient (Wildman–Crippen LogP) is 2.68. The van der Waals surface area contributed by atoms with Crippen molar-refractivity contribution in [1.29, 1.82) is 0 Å². The molecule has 1 aromatic carbocycles. The zero-order valence-electron chi connectivity index (χ0n) is 26.0. The highest BCUT2D eigenvalue weighted by Crippen LogP contribution is 2.33. The van der Waals surface area contributed by atoms with Crippen LogP contribution < -0.4 is 26.6 Å². The molecule has 0 unspecified atom stereocenters. The van der Waals surface area contributed by atoms with Crippen LogP contribution >= 0.6 is 11.8 Å². The van der Waals surface area contributed by atoms with Gasteiger partial charge in [0.15, 0.2) is 0 Å². The van der Waals surface area contributed by atoms with Crippen molar-refractivity contribution in [2.24, 2.45) is 5.92 Å². The summed E-state index contributed by atoms with van der Waals surface area (Å²) in [5, 5.41) is 14.9. The largest absolute Gasteiger partial charge is 0.377 e. The molecule has 0 saturated carbocycles. The molecule has 2 heterocycles. The fraction of sp³-hybridized carbons (Fsp3) is 0.677. The Morgan fingerprint density at radius 2 is 1.61 bits per heavy atom. The molecule has 5 amide bonds. The minimum absolute atomic E-state index is 0.0297. The summed E-state index contributed by atoms with van der Waals surface area (Å²) in [7, 11) is 0. The van der Waals surface area contributed by atoms with Crippen molar-refractivity contribution < 1.29 is 33.4 Å². The number of nitrogens with one attached hydrogen (secondary N) is 5. The Morgan fingerprint density at radius 3 is 2.36 bits per heavy atom. The van der Waals surface area contributed by atoms with Gasteiger partial charge in [-0.2, -0.15) is 11.8 Å². The minimum Gasteiger partial charge on any atom is -0.377 e. The van der Waals surface area contributed by atoms with Gasteiger partial charge in [-0.1, -0.05) is 20.3 Å². The second-order valence-electron chi connectivity index (χ2n) is 11.4. The predicted molar refractivity (Wildman–Crippen MR) is 171 cm³/mol. The van der Waals surface area contributed by atoms with Crippen LogP contribution in [0.3, 0.4) is 0 Å². The number of fused-ring (bicyclic) bond motifs is 1. The molecule has 0 spiro atoms. The lowest BCUT2D eigenvalue weighted by Gasteiger charge is -2.16. The van der Waals surface area contributed by atoms with Gasteiger partial charge >= 0.3 is 6.03 Å². The zero-order valence-corrected chi connectivity index (χ0v) is 26.8. The van der Waals surface area contributed by atoms with Gasteiger partial charge in [0.2, 0.25) is 11.8 Å². The van der Waals surface area contributed by atoms with Crippen molar-refractivity contribution in [1.82, 2.24) is 21.3 Å². The Labute approximate surface area is 264 Å². The Bertz CT molecular complexity index is 1040. The second kappa shape index (κ2) is 20.2. The number of rotatable bonds is 22. The van der Waals surface area contributed by atoms with Crippen LogP contribution in [0.2, 0.25) is 0 Å². The standard InChI is InChI=1S/C31H49N5O7S/c1-22(2)6-5-13-32-28(38)20-43-19-18-42-17-16-41-15-14-33-30(39)23-9-11-24(12-10-23)34-27(37)8-4-3-7-26-29-25(21-44-26)35-31(40)36-29/h9-12,22,25-26,29H,3-8,13-21H2,1-2H3,(H,32,38)(H,33,39)(H,34,37)(H2,35,36,40)/t25-,26-,29-/m1/s1. The Hall–Kier alpha value is -2.87. The van der Waals surface area contributed by atoms with E-state index in [0.717, 1.165) is 37.9 Å². The normalized spacial score (nSPS) is 18.9. The zero-order chi connectivity index (χ0) is 31.6. The molecular formula is C31H49N5O7S. The number of benzene rings is 1. The molecule has 2 aliphatic rings. The summed E-state index contributed by atoms with van der Waals surface area (Å²) >= 11 is 1.88. The van der Waals surface area contributed by atoms with Gasteiger partial charge in [-0.25, -0.2) is 4.79 Å². The first-order valence-corrected chi connectivity index (χ1v) is 16.7. The quantitative estimate of drug-likeness (QED) is 0.0962. The number of ether oxygens (including phenoxy) is 3. The Kier molecular flexibility index (Phi) is 16.4. The third-order valence-electron chi connectivity index (χ3n) is 7.30. The molecule has 13 heteroatoms. The van der Waals surface area contributed by atoms with Gasteiger partial charge in [-0.15, -0.1) is 0 Å². The maximum Gasteiger partial charge on any atom is 0.315 e.